The number of anilines is 1. The van der Waals surface area contributed by atoms with Crippen LogP contribution in [0.1, 0.15) is 57.4 Å². The number of carbonyl (C=O) groups is 1. The molecule has 2 aromatic carbocycles. The number of nitrogens with zero attached hydrogens (tertiary/aromatic N) is 1. The van der Waals surface area contributed by atoms with Crippen molar-refractivity contribution < 1.29 is 13.2 Å². The molecule has 0 fully saturated rings. The van der Waals surface area contributed by atoms with Gasteiger partial charge in [-0.2, -0.15) is 0 Å². The van der Waals surface area contributed by atoms with E-state index < -0.39 is 16.1 Å². The fraction of sp³-hybridized carbons (Fsp3) is 0.435. The van der Waals surface area contributed by atoms with Crippen molar-refractivity contribution in [3.63, 3.8) is 0 Å². The molecular weight excluding hydrogens is 384 g/mol. The third-order valence-corrected chi connectivity index (χ3v) is 6.25. The van der Waals surface area contributed by atoms with Gasteiger partial charge in [0.05, 0.1) is 18.0 Å². The Balaban J connectivity index is 2.19. The van der Waals surface area contributed by atoms with Crippen molar-refractivity contribution >= 4 is 21.6 Å². The summed E-state index contributed by atoms with van der Waals surface area (Å²) in [5.74, 6) is -0.344. The van der Waals surface area contributed by atoms with Gasteiger partial charge in [-0.05, 0) is 49.4 Å². The van der Waals surface area contributed by atoms with Crippen molar-refractivity contribution in [3.8, 4) is 0 Å². The summed E-state index contributed by atoms with van der Waals surface area (Å²) in [6, 6.07) is 14.1. The molecule has 2 aromatic rings. The molecule has 0 aliphatic carbocycles. The first kappa shape index (κ1) is 22.9. The fourth-order valence-corrected chi connectivity index (χ4v) is 4.36. The summed E-state index contributed by atoms with van der Waals surface area (Å²) in [4.78, 5) is 12.9. The SMILES string of the molecule is Cc1ccc(N([C@@H](C)C(=O)N[C@H](C)c2ccc(C(C)(C)C)cc2)S(C)(=O)=O)cc1. The maximum Gasteiger partial charge on any atom is 0.244 e. The highest BCUT2D eigenvalue weighted by atomic mass is 32.2. The third kappa shape index (κ3) is 5.82. The first-order valence-corrected chi connectivity index (χ1v) is 11.6. The van der Waals surface area contributed by atoms with E-state index in [-0.39, 0.29) is 17.4 Å². The van der Waals surface area contributed by atoms with Gasteiger partial charge < -0.3 is 5.32 Å². The fourth-order valence-electron chi connectivity index (χ4n) is 3.19. The number of rotatable bonds is 6. The summed E-state index contributed by atoms with van der Waals surface area (Å²) in [5.41, 5.74) is 3.74. The van der Waals surface area contributed by atoms with E-state index in [0.29, 0.717) is 5.69 Å². The lowest BCUT2D eigenvalue weighted by Crippen LogP contribution is -2.48. The first-order valence-electron chi connectivity index (χ1n) is 9.77. The molecule has 0 heterocycles. The van der Waals surface area contributed by atoms with Crippen molar-refractivity contribution in [2.45, 2.75) is 59.0 Å². The lowest BCUT2D eigenvalue weighted by molar-refractivity contribution is -0.122. The number of sulfonamides is 1. The molecule has 0 unspecified atom stereocenters. The molecule has 1 N–H and O–H groups in total. The second kappa shape index (κ2) is 8.57. The Hall–Kier alpha value is -2.34. The number of nitrogens with one attached hydrogen (secondary N) is 1. The molecule has 0 spiro atoms. The van der Waals surface area contributed by atoms with Crippen LogP contribution in [0.5, 0.6) is 0 Å². The van der Waals surface area contributed by atoms with Crippen molar-refractivity contribution in [1.82, 2.24) is 5.32 Å². The van der Waals surface area contributed by atoms with Crippen LogP contribution in [0.3, 0.4) is 0 Å². The molecule has 0 radical (unpaired) electrons. The quantitative estimate of drug-likeness (QED) is 0.762. The molecule has 0 saturated carbocycles. The number of amides is 1. The summed E-state index contributed by atoms with van der Waals surface area (Å²) in [7, 11) is -3.62. The highest BCUT2D eigenvalue weighted by molar-refractivity contribution is 7.92. The number of carbonyl (C=O) groups excluding carboxylic acids is 1. The molecule has 158 valence electrons. The minimum absolute atomic E-state index is 0.0591. The van der Waals surface area contributed by atoms with Crippen LogP contribution in [0.4, 0.5) is 5.69 Å². The zero-order valence-corrected chi connectivity index (χ0v) is 19.2. The maximum absolute atomic E-state index is 12.9. The Morgan fingerprint density at radius 3 is 1.93 bits per heavy atom. The van der Waals surface area contributed by atoms with E-state index in [4.69, 9.17) is 0 Å². The molecule has 0 saturated heterocycles. The second-order valence-electron chi connectivity index (χ2n) is 8.67. The molecule has 0 aliphatic rings. The van der Waals surface area contributed by atoms with Crippen molar-refractivity contribution in [2.75, 3.05) is 10.6 Å². The van der Waals surface area contributed by atoms with Gasteiger partial charge in [-0.25, -0.2) is 8.42 Å². The van der Waals surface area contributed by atoms with Gasteiger partial charge in [0.25, 0.3) is 0 Å². The first-order chi connectivity index (χ1) is 13.3. The van der Waals surface area contributed by atoms with Gasteiger partial charge in [0.2, 0.25) is 15.9 Å². The van der Waals surface area contributed by atoms with E-state index in [9.17, 15) is 13.2 Å². The number of benzene rings is 2. The zero-order chi connectivity index (χ0) is 22.0. The van der Waals surface area contributed by atoms with E-state index in [1.165, 1.54) is 5.56 Å². The lowest BCUT2D eigenvalue weighted by Gasteiger charge is -2.29. The van der Waals surface area contributed by atoms with E-state index in [0.717, 1.165) is 21.7 Å². The van der Waals surface area contributed by atoms with Crippen LogP contribution in [-0.4, -0.2) is 26.6 Å². The monoisotopic (exact) mass is 416 g/mol. The average molecular weight is 417 g/mol. The molecule has 6 heteroatoms. The van der Waals surface area contributed by atoms with Crippen LogP contribution in [-0.2, 0) is 20.2 Å². The minimum atomic E-state index is -3.62. The van der Waals surface area contributed by atoms with Gasteiger partial charge in [0.15, 0.2) is 0 Å². The van der Waals surface area contributed by atoms with Gasteiger partial charge in [0, 0.05) is 0 Å². The van der Waals surface area contributed by atoms with Gasteiger partial charge in [-0.1, -0.05) is 62.7 Å². The summed E-state index contributed by atoms with van der Waals surface area (Å²) in [6.45, 7) is 11.9. The molecule has 2 atom stereocenters. The number of aryl methyl sites for hydroxylation is 1. The smallest absolute Gasteiger partial charge is 0.244 e. The van der Waals surface area contributed by atoms with Gasteiger partial charge in [-0.15, -0.1) is 0 Å². The van der Waals surface area contributed by atoms with Crippen LogP contribution in [0.2, 0.25) is 0 Å². The summed E-state index contributed by atoms with van der Waals surface area (Å²) < 4.78 is 26.0. The normalized spacial score (nSPS) is 14.2. The van der Waals surface area contributed by atoms with Crippen LogP contribution in [0.15, 0.2) is 48.5 Å². The third-order valence-electron chi connectivity index (χ3n) is 5.01. The molecule has 29 heavy (non-hydrogen) atoms. The van der Waals surface area contributed by atoms with E-state index in [1.54, 1.807) is 19.1 Å². The molecule has 2 rings (SSSR count). The van der Waals surface area contributed by atoms with Crippen LogP contribution < -0.4 is 9.62 Å². The van der Waals surface area contributed by atoms with Gasteiger partial charge in [-0.3, -0.25) is 9.10 Å². The molecule has 0 aliphatic heterocycles. The zero-order valence-electron chi connectivity index (χ0n) is 18.4. The lowest BCUT2D eigenvalue weighted by atomic mass is 9.86. The van der Waals surface area contributed by atoms with E-state index >= 15 is 0 Å². The Labute approximate surface area is 175 Å². The van der Waals surface area contributed by atoms with Crippen LogP contribution >= 0.6 is 0 Å². The van der Waals surface area contributed by atoms with E-state index in [1.807, 2.05) is 38.1 Å². The standard InChI is InChI=1S/C23H32N2O3S/c1-16-8-14-21(15-9-16)25(29(7,27)28)18(3)22(26)24-17(2)19-10-12-20(13-11-19)23(4,5)6/h8-15,17-18H,1-7H3,(H,24,26)/t17-,18+/m1/s1. The Bertz CT molecular complexity index is 943. The summed E-state index contributed by atoms with van der Waals surface area (Å²) in [5, 5.41) is 2.94. The van der Waals surface area contributed by atoms with E-state index in [2.05, 4.69) is 38.2 Å². The van der Waals surface area contributed by atoms with Crippen molar-refractivity contribution in [3.05, 3.63) is 65.2 Å². The second-order valence-corrected chi connectivity index (χ2v) is 10.5. The molecule has 1 amide bonds. The Morgan fingerprint density at radius 1 is 0.966 bits per heavy atom. The van der Waals surface area contributed by atoms with Gasteiger partial charge in [0.1, 0.15) is 6.04 Å². The number of hydrogen-bond acceptors (Lipinski definition) is 3. The average Bonchev–Trinajstić information content (AvgIpc) is 2.61. The summed E-state index contributed by atoms with van der Waals surface area (Å²) in [6.07, 6.45) is 1.12. The topological polar surface area (TPSA) is 66.5 Å². The highest BCUT2D eigenvalue weighted by Gasteiger charge is 2.29. The van der Waals surface area contributed by atoms with Crippen LogP contribution in [0, 0.1) is 6.92 Å². The Kier molecular flexibility index (Phi) is 6.78. The molecule has 5 nitrogen and oxygen atoms in total. The minimum Gasteiger partial charge on any atom is -0.348 e. The molecule has 0 bridgehead atoms. The largest absolute Gasteiger partial charge is 0.348 e. The van der Waals surface area contributed by atoms with Gasteiger partial charge >= 0.3 is 0 Å². The maximum atomic E-state index is 12.9. The Morgan fingerprint density at radius 2 is 1.48 bits per heavy atom. The molecule has 0 aromatic heterocycles. The predicted molar refractivity (Wildman–Crippen MR) is 120 cm³/mol. The van der Waals surface area contributed by atoms with Crippen LogP contribution in [0.25, 0.3) is 0 Å². The van der Waals surface area contributed by atoms with Crippen molar-refractivity contribution in [2.24, 2.45) is 0 Å². The predicted octanol–water partition coefficient (Wildman–Crippen LogP) is 4.32. The number of hydrogen-bond donors (Lipinski definition) is 1. The summed E-state index contributed by atoms with van der Waals surface area (Å²) >= 11 is 0. The highest BCUT2D eigenvalue weighted by Crippen LogP contribution is 2.25. The van der Waals surface area contributed by atoms with Crippen molar-refractivity contribution in [1.29, 1.82) is 0 Å². The molecular formula is C23H32N2O3S.